The first-order valence-corrected chi connectivity index (χ1v) is 9.00. The molecule has 0 bridgehead atoms. The second kappa shape index (κ2) is 8.74. The van der Waals surface area contributed by atoms with Crippen molar-refractivity contribution < 1.29 is 4.79 Å². The first-order valence-electron chi connectivity index (χ1n) is 7.06. The quantitative estimate of drug-likeness (QED) is 0.446. The van der Waals surface area contributed by atoms with E-state index < -0.39 is 0 Å². The van der Waals surface area contributed by atoms with Crippen molar-refractivity contribution in [2.45, 2.75) is 12.7 Å². The van der Waals surface area contributed by atoms with Crippen LogP contribution < -0.4 is 11.2 Å². The van der Waals surface area contributed by atoms with Gasteiger partial charge in [0.2, 0.25) is 5.91 Å². The Morgan fingerprint density at radius 2 is 1.83 bits per heavy atom. The van der Waals surface area contributed by atoms with E-state index >= 15 is 0 Å². The molecule has 3 N–H and O–H groups in total. The molecule has 2 aromatic rings. The van der Waals surface area contributed by atoms with Gasteiger partial charge in [-0.25, -0.2) is 5.43 Å². The van der Waals surface area contributed by atoms with Gasteiger partial charge in [-0.05, 0) is 42.3 Å². The van der Waals surface area contributed by atoms with Crippen LogP contribution in [-0.2, 0) is 10.5 Å². The molecule has 120 valence electrons. The number of carbonyl (C=O) groups excluding carboxylic acids is 1. The summed E-state index contributed by atoms with van der Waals surface area (Å²) in [6, 6.07) is 15.4. The van der Waals surface area contributed by atoms with E-state index in [4.69, 9.17) is 5.73 Å². The van der Waals surface area contributed by atoms with Crippen LogP contribution in [-0.4, -0.2) is 17.4 Å². The molecule has 0 heterocycles. The third-order valence-electron chi connectivity index (χ3n) is 3.09. The van der Waals surface area contributed by atoms with Gasteiger partial charge >= 0.3 is 0 Å². The predicted molar refractivity (Wildman–Crippen MR) is 102 cm³/mol. The first-order chi connectivity index (χ1) is 11.0. The molecule has 0 aliphatic heterocycles. The summed E-state index contributed by atoms with van der Waals surface area (Å²) < 4.78 is 1.05. The Balaban J connectivity index is 1.77. The average Bonchev–Trinajstić information content (AvgIpc) is 2.55. The molecular weight excluding hydrogens is 374 g/mol. The van der Waals surface area contributed by atoms with Gasteiger partial charge in [-0.3, -0.25) is 4.79 Å². The number of nitrogens with one attached hydrogen (secondary N) is 1. The van der Waals surface area contributed by atoms with Crippen molar-refractivity contribution in [2.75, 3.05) is 11.5 Å². The summed E-state index contributed by atoms with van der Waals surface area (Å²) >= 11 is 4.96. The molecule has 1 amide bonds. The largest absolute Gasteiger partial charge is 0.399 e. The SMILES string of the molecule is C/C(=N\NC(=O)CSCc1ccc(Br)cc1)c1ccc(N)cc1. The Morgan fingerprint density at radius 3 is 2.48 bits per heavy atom. The lowest BCUT2D eigenvalue weighted by Gasteiger charge is -2.04. The molecular formula is C17H18BrN3OS. The van der Waals surface area contributed by atoms with E-state index in [0.29, 0.717) is 11.4 Å². The number of nitrogen functional groups attached to an aromatic ring is 1. The molecule has 0 atom stereocenters. The maximum atomic E-state index is 11.8. The number of carbonyl (C=O) groups is 1. The number of benzene rings is 2. The lowest BCUT2D eigenvalue weighted by atomic mass is 10.1. The lowest BCUT2D eigenvalue weighted by molar-refractivity contribution is -0.118. The van der Waals surface area contributed by atoms with Gasteiger partial charge in [-0.2, -0.15) is 5.10 Å². The number of hydrogen-bond donors (Lipinski definition) is 2. The zero-order valence-electron chi connectivity index (χ0n) is 12.8. The maximum Gasteiger partial charge on any atom is 0.250 e. The molecule has 0 unspecified atom stereocenters. The van der Waals surface area contributed by atoms with E-state index in [2.05, 4.69) is 26.5 Å². The van der Waals surface area contributed by atoms with E-state index in [1.165, 1.54) is 5.56 Å². The molecule has 23 heavy (non-hydrogen) atoms. The molecule has 0 aromatic heterocycles. The van der Waals surface area contributed by atoms with Crippen molar-refractivity contribution in [3.8, 4) is 0 Å². The zero-order valence-corrected chi connectivity index (χ0v) is 15.2. The van der Waals surface area contributed by atoms with Crippen LogP contribution in [0.2, 0.25) is 0 Å². The number of nitrogens with two attached hydrogens (primary N) is 1. The normalized spacial score (nSPS) is 11.3. The number of hydrogen-bond acceptors (Lipinski definition) is 4. The Hall–Kier alpha value is -1.79. The first kappa shape index (κ1) is 17.6. The molecule has 0 saturated carbocycles. The molecule has 0 aliphatic carbocycles. The molecule has 0 spiro atoms. The summed E-state index contributed by atoms with van der Waals surface area (Å²) in [5.41, 5.74) is 11.8. The molecule has 0 aliphatic rings. The number of rotatable bonds is 6. The highest BCUT2D eigenvalue weighted by molar-refractivity contribution is 9.10. The maximum absolute atomic E-state index is 11.8. The van der Waals surface area contributed by atoms with Gasteiger partial charge in [-0.15, -0.1) is 11.8 Å². The number of hydrazone groups is 1. The average molecular weight is 392 g/mol. The molecule has 2 aromatic carbocycles. The summed E-state index contributed by atoms with van der Waals surface area (Å²) in [5, 5.41) is 4.12. The molecule has 0 radical (unpaired) electrons. The minimum absolute atomic E-state index is 0.109. The monoisotopic (exact) mass is 391 g/mol. The third kappa shape index (κ3) is 6.08. The number of anilines is 1. The van der Waals surface area contributed by atoms with Crippen LogP contribution in [0.1, 0.15) is 18.1 Å². The molecule has 2 rings (SSSR count). The van der Waals surface area contributed by atoms with Crippen LogP contribution in [0.25, 0.3) is 0 Å². The van der Waals surface area contributed by atoms with E-state index in [0.717, 1.165) is 21.5 Å². The molecule has 6 heteroatoms. The van der Waals surface area contributed by atoms with Crippen LogP contribution in [0.15, 0.2) is 58.1 Å². The van der Waals surface area contributed by atoms with Crippen molar-refractivity contribution in [3.63, 3.8) is 0 Å². The van der Waals surface area contributed by atoms with E-state index in [9.17, 15) is 4.79 Å². The lowest BCUT2D eigenvalue weighted by Crippen LogP contribution is -2.21. The van der Waals surface area contributed by atoms with Crippen molar-refractivity contribution in [2.24, 2.45) is 5.10 Å². The number of amides is 1. The summed E-state index contributed by atoms with van der Waals surface area (Å²) in [4.78, 5) is 11.8. The predicted octanol–water partition coefficient (Wildman–Crippen LogP) is 3.80. The topological polar surface area (TPSA) is 67.5 Å². The second-order valence-electron chi connectivity index (χ2n) is 4.97. The molecule has 0 fully saturated rings. The third-order valence-corrected chi connectivity index (χ3v) is 4.62. The van der Waals surface area contributed by atoms with Crippen molar-refractivity contribution in [3.05, 3.63) is 64.1 Å². The number of halogens is 1. The van der Waals surface area contributed by atoms with Gasteiger partial charge in [0.15, 0.2) is 0 Å². The minimum Gasteiger partial charge on any atom is -0.399 e. The van der Waals surface area contributed by atoms with Gasteiger partial charge in [0.1, 0.15) is 0 Å². The smallest absolute Gasteiger partial charge is 0.250 e. The van der Waals surface area contributed by atoms with Crippen LogP contribution in [0, 0.1) is 0 Å². The van der Waals surface area contributed by atoms with Gasteiger partial charge < -0.3 is 5.73 Å². The highest BCUT2D eigenvalue weighted by Crippen LogP contribution is 2.15. The van der Waals surface area contributed by atoms with Gasteiger partial charge in [0.05, 0.1) is 11.5 Å². The van der Waals surface area contributed by atoms with Gasteiger partial charge in [-0.1, -0.05) is 40.2 Å². The fourth-order valence-corrected chi connectivity index (χ4v) is 2.85. The fraction of sp³-hybridized carbons (Fsp3) is 0.176. The minimum atomic E-state index is -0.109. The summed E-state index contributed by atoms with van der Waals surface area (Å²) in [5.74, 6) is 1.05. The second-order valence-corrected chi connectivity index (χ2v) is 6.87. The van der Waals surface area contributed by atoms with Crippen molar-refractivity contribution >= 4 is 45.0 Å². The summed E-state index contributed by atoms with van der Waals surface area (Å²) in [6.45, 7) is 1.85. The van der Waals surface area contributed by atoms with Gasteiger partial charge in [0, 0.05) is 15.9 Å². The fourth-order valence-electron chi connectivity index (χ4n) is 1.81. The van der Waals surface area contributed by atoms with Gasteiger partial charge in [0.25, 0.3) is 0 Å². The Labute approximate surface area is 148 Å². The number of thioether (sulfide) groups is 1. The van der Waals surface area contributed by atoms with E-state index in [1.807, 2.05) is 55.5 Å². The Kier molecular flexibility index (Phi) is 6.67. The van der Waals surface area contributed by atoms with E-state index in [-0.39, 0.29) is 5.91 Å². The summed E-state index contributed by atoms with van der Waals surface area (Å²) in [7, 11) is 0. The highest BCUT2D eigenvalue weighted by Gasteiger charge is 2.02. The highest BCUT2D eigenvalue weighted by atomic mass is 79.9. The van der Waals surface area contributed by atoms with Crippen molar-refractivity contribution in [1.29, 1.82) is 0 Å². The van der Waals surface area contributed by atoms with Crippen molar-refractivity contribution in [1.82, 2.24) is 5.43 Å². The molecule has 4 nitrogen and oxygen atoms in total. The van der Waals surface area contributed by atoms with Crippen LogP contribution in [0.3, 0.4) is 0 Å². The summed E-state index contributed by atoms with van der Waals surface area (Å²) in [6.07, 6.45) is 0. The van der Waals surface area contributed by atoms with Crippen LogP contribution >= 0.6 is 27.7 Å². The standard InChI is InChI=1S/C17H18BrN3OS/c1-12(14-4-8-16(19)9-5-14)20-21-17(22)11-23-10-13-2-6-15(18)7-3-13/h2-9H,10-11,19H2,1H3,(H,21,22)/b20-12+. The molecule has 0 saturated heterocycles. The Morgan fingerprint density at radius 1 is 1.17 bits per heavy atom. The van der Waals surface area contributed by atoms with Crippen LogP contribution in [0.4, 0.5) is 5.69 Å². The number of nitrogens with zero attached hydrogens (tertiary/aromatic N) is 1. The van der Waals surface area contributed by atoms with Crippen LogP contribution in [0.5, 0.6) is 0 Å². The van der Waals surface area contributed by atoms with E-state index in [1.54, 1.807) is 11.8 Å². The zero-order chi connectivity index (χ0) is 16.7. The Bertz CT molecular complexity index is 684.